The van der Waals surface area contributed by atoms with Gasteiger partial charge in [0.15, 0.2) is 0 Å². The smallest absolute Gasteiger partial charge is 0.374 e. The van der Waals surface area contributed by atoms with Gasteiger partial charge < -0.3 is 15.4 Å². The first-order valence-electron chi connectivity index (χ1n) is 10.3. The molecule has 2 unspecified atom stereocenters. The number of aryl methyl sites for hydroxylation is 1. The third-order valence-electron chi connectivity index (χ3n) is 6.52. The predicted octanol–water partition coefficient (Wildman–Crippen LogP) is 2.18. The van der Waals surface area contributed by atoms with E-state index in [0.717, 1.165) is 32.1 Å². The van der Waals surface area contributed by atoms with E-state index in [0.29, 0.717) is 29.6 Å². The van der Waals surface area contributed by atoms with Crippen molar-refractivity contribution in [3.8, 4) is 6.01 Å². The summed E-state index contributed by atoms with van der Waals surface area (Å²) in [5, 5.41) is 6.36. The third kappa shape index (κ3) is 3.59. The monoisotopic (exact) mass is 408 g/mol. The highest BCUT2D eigenvalue weighted by Gasteiger charge is 2.59. The van der Waals surface area contributed by atoms with E-state index in [2.05, 4.69) is 30.6 Å². The minimum atomic E-state index is -0.547. The van der Waals surface area contributed by atoms with Crippen molar-refractivity contribution in [2.24, 2.45) is 11.8 Å². The second kappa shape index (κ2) is 7.00. The van der Waals surface area contributed by atoms with Gasteiger partial charge in [0.2, 0.25) is 0 Å². The number of nitrogens with zero attached hydrogens (tertiary/aromatic N) is 4. The highest BCUT2D eigenvalue weighted by atomic mass is 16.6. The standard InChI is InChI=1S/C21H24N6O3/c1-13-10-22-11-16(25-13)17(28)26-20-6-14-5-15(7-20)9-21(8-14,12-20)27-19(29)30-18-23-3-2-4-24-18/h2-4,10-11,14-15H,5-9,12H2,1H3,(H,26,28)(H,27,29). The van der Waals surface area contributed by atoms with Gasteiger partial charge in [-0.05, 0) is 63.4 Å². The van der Waals surface area contributed by atoms with Crippen LogP contribution in [0.3, 0.4) is 0 Å². The topological polar surface area (TPSA) is 119 Å². The Labute approximate surface area is 174 Å². The molecule has 9 heteroatoms. The fourth-order valence-electron chi connectivity index (χ4n) is 6.10. The highest BCUT2D eigenvalue weighted by molar-refractivity contribution is 5.92. The summed E-state index contributed by atoms with van der Waals surface area (Å²) in [6, 6.07) is 1.69. The average molecular weight is 408 g/mol. The van der Waals surface area contributed by atoms with Gasteiger partial charge >= 0.3 is 12.1 Å². The SMILES string of the molecule is Cc1cncc(C(=O)NC23CC4CC(CC(NC(=O)Oc5ncccn5)(C4)C2)C3)n1. The first kappa shape index (κ1) is 18.9. The minimum Gasteiger partial charge on any atom is -0.374 e. The van der Waals surface area contributed by atoms with Crippen LogP contribution in [-0.2, 0) is 0 Å². The molecular formula is C21H24N6O3. The van der Waals surface area contributed by atoms with Crippen molar-refractivity contribution in [3.63, 3.8) is 0 Å². The molecule has 2 aromatic heterocycles. The van der Waals surface area contributed by atoms with Crippen molar-refractivity contribution in [3.05, 3.63) is 42.2 Å². The van der Waals surface area contributed by atoms with E-state index < -0.39 is 6.09 Å². The quantitative estimate of drug-likeness (QED) is 0.796. The van der Waals surface area contributed by atoms with Gasteiger partial charge in [-0.3, -0.25) is 9.78 Å². The van der Waals surface area contributed by atoms with Crippen molar-refractivity contribution in [1.29, 1.82) is 0 Å². The molecule has 0 radical (unpaired) electrons. The Balaban J connectivity index is 1.33. The largest absolute Gasteiger partial charge is 0.415 e. The van der Waals surface area contributed by atoms with Gasteiger partial charge in [0.05, 0.1) is 11.9 Å². The van der Waals surface area contributed by atoms with Crippen molar-refractivity contribution < 1.29 is 14.3 Å². The molecule has 0 saturated heterocycles. The van der Waals surface area contributed by atoms with E-state index in [1.54, 1.807) is 12.3 Å². The molecule has 30 heavy (non-hydrogen) atoms. The number of aromatic nitrogens is 4. The molecule has 2 amide bonds. The van der Waals surface area contributed by atoms with E-state index in [9.17, 15) is 9.59 Å². The van der Waals surface area contributed by atoms with E-state index >= 15 is 0 Å². The van der Waals surface area contributed by atoms with Gasteiger partial charge in [0, 0.05) is 29.7 Å². The number of amides is 2. The van der Waals surface area contributed by atoms with Gasteiger partial charge in [-0.15, -0.1) is 0 Å². The minimum absolute atomic E-state index is 0.0285. The highest BCUT2D eigenvalue weighted by Crippen LogP contribution is 2.57. The number of hydrogen-bond acceptors (Lipinski definition) is 7. The number of nitrogens with one attached hydrogen (secondary N) is 2. The summed E-state index contributed by atoms with van der Waals surface area (Å²) in [4.78, 5) is 41.7. The zero-order valence-electron chi connectivity index (χ0n) is 16.8. The Bertz CT molecular complexity index is 968. The van der Waals surface area contributed by atoms with Gasteiger partial charge in [-0.2, -0.15) is 0 Å². The maximum Gasteiger partial charge on any atom is 0.415 e. The Morgan fingerprint density at radius 1 is 1.03 bits per heavy atom. The van der Waals surface area contributed by atoms with E-state index in [-0.39, 0.29) is 23.0 Å². The fraction of sp³-hybridized carbons (Fsp3) is 0.524. The van der Waals surface area contributed by atoms with Crippen LogP contribution in [0.25, 0.3) is 0 Å². The lowest BCUT2D eigenvalue weighted by Gasteiger charge is -2.61. The second-order valence-electron chi connectivity index (χ2n) is 9.07. The summed E-state index contributed by atoms with van der Waals surface area (Å²) in [5.41, 5.74) is 0.301. The van der Waals surface area contributed by atoms with E-state index in [4.69, 9.17) is 4.74 Å². The summed E-state index contributed by atoms with van der Waals surface area (Å²) >= 11 is 0. The van der Waals surface area contributed by atoms with Crippen LogP contribution in [0, 0.1) is 18.8 Å². The molecular weight excluding hydrogens is 384 g/mol. The normalized spacial score (nSPS) is 31.2. The number of carbonyl (C=O) groups excluding carboxylic acids is 2. The summed E-state index contributed by atoms with van der Waals surface area (Å²) in [5.74, 6) is 0.718. The maximum absolute atomic E-state index is 12.9. The zero-order chi connectivity index (χ0) is 20.8. The van der Waals surface area contributed by atoms with Crippen LogP contribution in [0.1, 0.15) is 54.7 Å². The lowest BCUT2D eigenvalue weighted by atomic mass is 9.50. The van der Waals surface area contributed by atoms with E-state index in [1.807, 2.05) is 6.92 Å². The molecule has 9 nitrogen and oxygen atoms in total. The van der Waals surface area contributed by atoms with Gasteiger partial charge in [0.25, 0.3) is 5.91 Å². The van der Waals surface area contributed by atoms with Gasteiger partial charge in [-0.1, -0.05) is 0 Å². The van der Waals surface area contributed by atoms with Crippen LogP contribution < -0.4 is 15.4 Å². The molecule has 4 aliphatic rings. The van der Waals surface area contributed by atoms with Crippen LogP contribution >= 0.6 is 0 Å². The molecule has 2 N–H and O–H groups in total. The zero-order valence-corrected chi connectivity index (χ0v) is 16.8. The average Bonchev–Trinajstić information content (AvgIpc) is 2.66. The van der Waals surface area contributed by atoms with Crippen molar-refractivity contribution in [1.82, 2.24) is 30.6 Å². The van der Waals surface area contributed by atoms with Crippen LogP contribution in [0.4, 0.5) is 4.79 Å². The Morgan fingerprint density at radius 2 is 1.70 bits per heavy atom. The van der Waals surface area contributed by atoms with Crippen LogP contribution in [0.5, 0.6) is 6.01 Å². The molecule has 2 aromatic rings. The molecule has 2 atom stereocenters. The molecule has 0 aliphatic heterocycles. The first-order valence-corrected chi connectivity index (χ1v) is 10.3. The molecule has 156 valence electrons. The fourth-order valence-corrected chi connectivity index (χ4v) is 6.10. The summed E-state index contributed by atoms with van der Waals surface area (Å²) < 4.78 is 5.27. The van der Waals surface area contributed by atoms with Crippen molar-refractivity contribution in [2.75, 3.05) is 0 Å². The summed E-state index contributed by atoms with van der Waals surface area (Å²) in [6.07, 6.45) is 11.1. The Hall–Kier alpha value is -3.10. The third-order valence-corrected chi connectivity index (χ3v) is 6.52. The molecule has 4 aliphatic carbocycles. The number of ether oxygens (including phenoxy) is 1. The first-order chi connectivity index (χ1) is 14.4. The molecule has 4 fully saturated rings. The summed E-state index contributed by atoms with van der Waals surface area (Å²) in [7, 11) is 0. The molecule has 4 saturated carbocycles. The predicted molar refractivity (Wildman–Crippen MR) is 106 cm³/mol. The lowest BCUT2D eigenvalue weighted by molar-refractivity contribution is -0.0450. The Morgan fingerprint density at radius 3 is 2.37 bits per heavy atom. The maximum atomic E-state index is 12.9. The molecule has 6 rings (SSSR count). The molecule has 4 bridgehead atoms. The van der Waals surface area contributed by atoms with Crippen LogP contribution in [0.15, 0.2) is 30.9 Å². The number of hydrogen-bond donors (Lipinski definition) is 2. The Kier molecular flexibility index (Phi) is 4.41. The number of carbonyl (C=O) groups is 2. The van der Waals surface area contributed by atoms with Gasteiger partial charge in [0.1, 0.15) is 5.69 Å². The summed E-state index contributed by atoms with van der Waals surface area (Å²) in [6.45, 7) is 1.81. The van der Waals surface area contributed by atoms with Crippen molar-refractivity contribution >= 4 is 12.0 Å². The van der Waals surface area contributed by atoms with Crippen LogP contribution in [0.2, 0.25) is 0 Å². The molecule has 0 spiro atoms. The number of rotatable bonds is 4. The molecule has 0 aromatic carbocycles. The lowest BCUT2D eigenvalue weighted by Crippen LogP contribution is -2.70. The van der Waals surface area contributed by atoms with Crippen molar-refractivity contribution in [2.45, 2.75) is 56.5 Å². The second-order valence-corrected chi connectivity index (χ2v) is 9.07. The van der Waals surface area contributed by atoms with Gasteiger partial charge in [-0.25, -0.2) is 19.7 Å². The molecule has 2 heterocycles. The van der Waals surface area contributed by atoms with E-state index in [1.165, 1.54) is 18.6 Å². The van der Waals surface area contributed by atoms with Crippen LogP contribution in [-0.4, -0.2) is 43.0 Å².